The predicted octanol–water partition coefficient (Wildman–Crippen LogP) is 1.52. The second-order valence-electron chi connectivity index (χ2n) is 3.54. The number of hydrogen-bond donors (Lipinski definition) is 1. The SMILES string of the molecule is CC1CS(=O)c2cc(F)ccc2NC1=O. The highest BCUT2D eigenvalue weighted by Crippen LogP contribution is 2.25. The Kier molecular flexibility index (Phi) is 2.56. The zero-order chi connectivity index (χ0) is 11.0. The number of rotatable bonds is 0. The van der Waals surface area contributed by atoms with Gasteiger partial charge in [0.05, 0.1) is 21.4 Å². The van der Waals surface area contributed by atoms with E-state index in [4.69, 9.17) is 0 Å². The molecule has 0 bridgehead atoms. The van der Waals surface area contributed by atoms with Gasteiger partial charge in [-0.3, -0.25) is 9.00 Å². The van der Waals surface area contributed by atoms with Crippen molar-refractivity contribution in [3.8, 4) is 0 Å². The summed E-state index contributed by atoms with van der Waals surface area (Å²) in [6, 6.07) is 3.90. The standard InChI is InChI=1S/C10H10FNO2S/c1-6-5-15(14)9-4-7(11)2-3-8(9)12-10(6)13/h2-4,6H,5H2,1H3,(H,12,13). The van der Waals surface area contributed by atoms with E-state index in [1.54, 1.807) is 6.92 Å². The largest absolute Gasteiger partial charge is 0.325 e. The summed E-state index contributed by atoms with van der Waals surface area (Å²) in [5.41, 5.74) is 0.448. The third-order valence-corrected chi connectivity index (χ3v) is 3.93. The highest BCUT2D eigenvalue weighted by atomic mass is 32.2. The van der Waals surface area contributed by atoms with E-state index < -0.39 is 16.6 Å². The van der Waals surface area contributed by atoms with Gasteiger partial charge < -0.3 is 5.32 Å². The summed E-state index contributed by atoms with van der Waals surface area (Å²) in [5, 5.41) is 2.63. The van der Waals surface area contributed by atoms with E-state index in [1.807, 2.05) is 0 Å². The number of halogens is 1. The lowest BCUT2D eigenvalue weighted by Crippen LogP contribution is -2.21. The van der Waals surface area contributed by atoms with Crippen LogP contribution in [-0.4, -0.2) is 15.9 Å². The fourth-order valence-electron chi connectivity index (χ4n) is 1.44. The highest BCUT2D eigenvalue weighted by molar-refractivity contribution is 7.85. The molecule has 2 atom stereocenters. The summed E-state index contributed by atoms with van der Waals surface area (Å²) in [6.07, 6.45) is 0. The van der Waals surface area contributed by atoms with Crippen LogP contribution in [0, 0.1) is 11.7 Å². The Morgan fingerprint density at radius 2 is 2.27 bits per heavy atom. The van der Waals surface area contributed by atoms with Crippen molar-refractivity contribution in [3.63, 3.8) is 0 Å². The molecule has 2 unspecified atom stereocenters. The van der Waals surface area contributed by atoms with Gasteiger partial charge in [-0.1, -0.05) is 6.92 Å². The van der Waals surface area contributed by atoms with E-state index in [-0.39, 0.29) is 17.6 Å². The highest BCUT2D eigenvalue weighted by Gasteiger charge is 2.24. The van der Waals surface area contributed by atoms with Crippen molar-refractivity contribution in [2.45, 2.75) is 11.8 Å². The van der Waals surface area contributed by atoms with Crippen LogP contribution in [0.4, 0.5) is 10.1 Å². The number of fused-ring (bicyclic) bond motifs is 1. The first-order valence-electron chi connectivity index (χ1n) is 4.56. The summed E-state index contributed by atoms with van der Waals surface area (Å²) in [6.45, 7) is 1.70. The van der Waals surface area contributed by atoms with E-state index in [2.05, 4.69) is 5.32 Å². The summed E-state index contributed by atoms with van der Waals surface area (Å²) >= 11 is 0. The van der Waals surface area contributed by atoms with Gasteiger partial charge >= 0.3 is 0 Å². The molecule has 1 N–H and O–H groups in total. The Morgan fingerprint density at radius 1 is 1.53 bits per heavy atom. The van der Waals surface area contributed by atoms with Crippen LogP contribution in [0.3, 0.4) is 0 Å². The molecule has 3 nitrogen and oxygen atoms in total. The maximum absolute atomic E-state index is 12.9. The van der Waals surface area contributed by atoms with Gasteiger partial charge in [-0.2, -0.15) is 0 Å². The van der Waals surface area contributed by atoms with Gasteiger partial charge in [0.25, 0.3) is 0 Å². The molecule has 0 saturated heterocycles. The molecule has 0 fully saturated rings. The normalized spacial score (nSPS) is 25.3. The lowest BCUT2D eigenvalue weighted by molar-refractivity contribution is -0.118. The molecule has 1 aliphatic rings. The topological polar surface area (TPSA) is 46.2 Å². The van der Waals surface area contributed by atoms with Crippen molar-refractivity contribution in [1.29, 1.82) is 0 Å². The first-order chi connectivity index (χ1) is 7.08. The fourth-order valence-corrected chi connectivity index (χ4v) is 2.83. The molecule has 2 rings (SSSR count). The molecule has 0 aliphatic carbocycles. The van der Waals surface area contributed by atoms with E-state index in [9.17, 15) is 13.4 Å². The molecule has 1 aromatic carbocycles. The molecule has 1 heterocycles. The van der Waals surface area contributed by atoms with Crippen LogP contribution < -0.4 is 5.32 Å². The Labute approximate surface area is 89.1 Å². The van der Waals surface area contributed by atoms with Crippen molar-refractivity contribution in [2.24, 2.45) is 5.92 Å². The molecule has 5 heteroatoms. The number of anilines is 1. The van der Waals surface area contributed by atoms with E-state index >= 15 is 0 Å². The van der Waals surface area contributed by atoms with Gasteiger partial charge in [0.1, 0.15) is 5.82 Å². The Hall–Kier alpha value is -1.23. The van der Waals surface area contributed by atoms with Gasteiger partial charge in [-0.15, -0.1) is 0 Å². The van der Waals surface area contributed by atoms with Gasteiger partial charge in [0.2, 0.25) is 5.91 Å². The van der Waals surface area contributed by atoms with Crippen molar-refractivity contribution in [2.75, 3.05) is 11.1 Å². The van der Waals surface area contributed by atoms with Gasteiger partial charge in [-0.05, 0) is 18.2 Å². The molecule has 15 heavy (non-hydrogen) atoms. The average molecular weight is 227 g/mol. The first kappa shape index (κ1) is 10.3. The number of hydrogen-bond acceptors (Lipinski definition) is 2. The summed E-state index contributed by atoms with van der Waals surface area (Å²) in [5.74, 6) is -0.691. The number of amides is 1. The van der Waals surface area contributed by atoms with Gasteiger partial charge in [-0.25, -0.2) is 4.39 Å². The van der Waals surface area contributed by atoms with Gasteiger partial charge in [0, 0.05) is 11.7 Å². The minimum Gasteiger partial charge on any atom is -0.325 e. The third-order valence-electron chi connectivity index (χ3n) is 2.30. The molecule has 0 saturated carbocycles. The van der Waals surface area contributed by atoms with Crippen molar-refractivity contribution in [3.05, 3.63) is 24.0 Å². The van der Waals surface area contributed by atoms with Crippen molar-refractivity contribution < 1.29 is 13.4 Å². The fraction of sp³-hybridized carbons (Fsp3) is 0.300. The van der Waals surface area contributed by atoms with Crippen LogP contribution in [-0.2, 0) is 15.6 Å². The van der Waals surface area contributed by atoms with Crippen molar-refractivity contribution >= 4 is 22.4 Å². The molecule has 1 amide bonds. The number of carbonyl (C=O) groups excluding carboxylic acids is 1. The molecular formula is C10H10FNO2S. The number of benzene rings is 1. The monoisotopic (exact) mass is 227 g/mol. The Morgan fingerprint density at radius 3 is 3.00 bits per heavy atom. The number of carbonyl (C=O) groups is 1. The molecule has 0 spiro atoms. The predicted molar refractivity (Wildman–Crippen MR) is 55.5 cm³/mol. The first-order valence-corrected chi connectivity index (χ1v) is 5.88. The zero-order valence-electron chi connectivity index (χ0n) is 8.12. The zero-order valence-corrected chi connectivity index (χ0v) is 8.94. The lowest BCUT2D eigenvalue weighted by atomic mass is 10.2. The summed E-state index contributed by atoms with van der Waals surface area (Å²) in [4.78, 5) is 11.8. The van der Waals surface area contributed by atoms with Crippen LogP contribution in [0.1, 0.15) is 6.92 Å². The minimum absolute atomic E-state index is 0.172. The lowest BCUT2D eigenvalue weighted by Gasteiger charge is -2.05. The second-order valence-corrected chi connectivity index (χ2v) is 5.01. The molecule has 0 aromatic heterocycles. The summed E-state index contributed by atoms with van der Waals surface area (Å²) in [7, 11) is -1.32. The smallest absolute Gasteiger partial charge is 0.228 e. The van der Waals surface area contributed by atoms with Crippen LogP contribution in [0.2, 0.25) is 0 Å². The van der Waals surface area contributed by atoms with Crippen molar-refractivity contribution in [1.82, 2.24) is 0 Å². The quantitative estimate of drug-likeness (QED) is 0.730. The van der Waals surface area contributed by atoms with Crippen LogP contribution in [0.25, 0.3) is 0 Å². The van der Waals surface area contributed by atoms with E-state index in [0.29, 0.717) is 10.6 Å². The van der Waals surface area contributed by atoms with Crippen LogP contribution in [0.15, 0.2) is 23.1 Å². The Bertz CT molecular complexity index is 447. The molecule has 1 aromatic rings. The molecule has 1 aliphatic heterocycles. The average Bonchev–Trinajstić information content (AvgIpc) is 2.28. The minimum atomic E-state index is -1.32. The summed E-state index contributed by atoms with van der Waals surface area (Å²) < 4.78 is 24.7. The second kappa shape index (κ2) is 3.73. The third kappa shape index (κ3) is 1.92. The van der Waals surface area contributed by atoms with Crippen LogP contribution in [0.5, 0.6) is 0 Å². The van der Waals surface area contributed by atoms with Crippen LogP contribution >= 0.6 is 0 Å². The van der Waals surface area contributed by atoms with Gasteiger partial charge in [0.15, 0.2) is 0 Å². The Balaban J connectivity index is 2.51. The molecule has 80 valence electrons. The van der Waals surface area contributed by atoms with E-state index in [0.717, 1.165) is 0 Å². The maximum Gasteiger partial charge on any atom is 0.228 e. The molecule has 0 radical (unpaired) electrons. The number of nitrogens with one attached hydrogen (secondary N) is 1. The maximum atomic E-state index is 12.9. The molecular weight excluding hydrogens is 217 g/mol. The van der Waals surface area contributed by atoms with E-state index in [1.165, 1.54) is 18.2 Å².